The summed E-state index contributed by atoms with van der Waals surface area (Å²) in [4.78, 5) is 72.7. The smallest absolute Gasteiger partial charge is 0.462 e. The number of carbonyl (C=O) groups is 4. The minimum Gasteiger partial charge on any atom is -0.462 e. The molecule has 0 heterocycles. The minimum absolute atomic E-state index is 0.105. The van der Waals surface area contributed by atoms with E-state index in [1.807, 2.05) is 0 Å². The third-order valence-corrected chi connectivity index (χ3v) is 19.2. The summed E-state index contributed by atoms with van der Waals surface area (Å²) >= 11 is 0. The lowest BCUT2D eigenvalue weighted by Crippen LogP contribution is -2.30. The van der Waals surface area contributed by atoms with Gasteiger partial charge in [0.2, 0.25) is 0 Å². The SMILES string of the molecule is CCCCCCCCCCCCCCCCCC(=O)O[C@H](COC(=O)CCCCCCCCCCCCC(C)C)COP(=O)(O)OC[C@@H](O)COP(=O)(O)OC[C@@H](COC(=O)CCCCCCCCCCCCCC)OC(=O)CCCCCCCCCCC(C)CC. The molecule has 0 amide bonds. The Morgan fingerprint density at radius 1 is 0.315 bits per heavy atom. The molecule has 17 nitrogen and oxygen atoms in total. The number of unbranched alkanes of at least 4 members (excludes halogenated alkanes) is 41. The molecule has 0 fully saturated rings. The fourth-order valence-corrected chi connectivity index (χ4v) is 12.7. The summed E-state index contributed by atoms with van der Waals surface area (Å²) in [5.41, 5.74) is 0. The summed E-state index contributed by atoms with van der Waals surface area (Å²) in [6.45, 7) is 9.57. The zero-order chi connectivity index (χ0) is 67.9. The molecule has 0 aromatic carbocycles. The first-order valence-electron chi connectivity index (χ1n) is 38.0. The van der Waals surface area contributed by atoms with Crippen molar-refractivity contribution < 1.29 is 80.2 Å². The predicted molar refractivity (Wildman–Crippen MR) is 372 cm³/mol. The minimum atomic E-state index is -4.95. The molecule has 0 aromatic heterocycles. The number of phosphoric acid groups is 2. The number of carbonyl (C=O) groups excluding carboxylic acids is 4. The van der Waals surface area contributed by atoms with Gasteiger partial charge in [-0.1, -0.05) is 324 Å². The molecule has 0 aromatic rings. The quantitative estimate of drug-likeness (QED) is 0.0222. The Morgan fingerprint density at radius 2 is 0.554 bits per heavy atom. The van der Waals surface area contributed by atoms with E-state index >= 15 is 0 Å². The number of aliphatic hydroxyl groups excluding tert-OH is 1. The van der Waals surface area contributed by atoms with Gasteiger partial charge in [-0.05, 0) is 37.5 Å². The normalized spacial score (nSPS) is 14.4. The van der Waals surface area contributed by atoms with Crippen LogP contribution in [0.1, 0.15) is 375 Å². The van der Waals surface area contributed by atoms with Crippen molar-refractivity contribution in [1.29, 1.82) is 0 Å². The number of aliphatic hydroxyl groups is 1. The van der Waals surface area contributed by atoms with E-state index in [0.29, 0.717) is 25.7 Å². The number of phosphoric ester groups is 2. The van der Waals surface area contributed by atoms with Gasteiger partial charge in [0.15, 0.2) is 12.2 Å². The summed E-state index contributed by atoms with van der Waals surface area (Å²) in [6, 6.07) is 0. The molecule has 3 N–H and O–H groups in total. The molecule has 0 rings (SSSR count). The van der Waals surface area contributed by atoms with E-state index in [1.54, 1.807) is 0 Å². The number of hydrogen-bond acceptors (Lipinski definition) is 15. The van der Waals surface area contributed by atoms with Crippen molar-refractivity contribution in [1.82, 2.24) is 0 Å². The van der Waals surface area contributed by atoms with E-state index in [0.717, 1.165) is 102 Å². The number of ether oxygens (including phenoxy) is 4. The third kappa shape index (κ3) is 65.4. The highest BCUT2D eigenvalue weighted by atomic mass is 31.2. The maximum absolute atomic E-state index is 13.1. The van der Waals surface area contributed by atoms with Crippen LogP contribution in [-0.4, -0.2) is 96.7 Å². The summed E-state index contributed by atoms with van der Waals surface area (Å²) in [5.74, 6) is -0.590. The first-order valence-corrected chi connectivity index (χ1v) is 41.0. The van der Waals surface area contributed by atoms with Gasteiger partial charge >= 0.3 is 39.5 Å². The van der Waals surface area contributed by atoms with E-state index in [4.69, 9.17) is 37.0 Å². The van der Waals surface area contributed by atoms with Crippen molar-refractivity contribution in [3.8, 4) is 0 Å². The van der Waals surface area contributed by atoms with Gasteiger partial charge in [-0.3, -0.25) is 37.3 Å². The second-order valence-electron chi connectivity index (χ2n) is 27.1. The van der Waals surface area contributed by atoms with Crippen molar-refractivity contribution in [3.63, 3.8) is 0 Å². The molecule has 0 saturated heterocycles. The van der Waals surface area contributed by atoms with Gasteiger partial charge in [0.1, 0.15) is 19.3 Å². The molecule has 0 radical (unpaired) electrons. The van der Waals surface area contributed by atoms with E-state index in [1.165, 1.54) is 193 Å². The number of rotatable bonds is 72. The largest absolute Gasteiger partial charge is 0.472 e. The third-order valence-electron chi connectivity index (χ3n) is 17.3. The van der Waals surface area contributed by atoms with Gasteiger partial charge in [0, 0.05) is 25.7 Å². The lowest BCUT2D eigenvalue weighted by atomic mass is 9.99. The van der Waals surface area contributed by atoms with Crippen LogP contribution in [0.15, 0.2) is 0 Å². The van der Waals surface area contributed by atoms with Crippen molar-refractivity contribution in [2.75, 3.05) is 39.6 Å². The molecule has 0 aliphatic rings. The van der Waals surface area contributed by atoms with Gasteiger partial charge in [0.25, 0.3) is 0 Å². The maximum Gasteiger partial charge on any atom is 0.472 e. The molecule has 92 heavy (non-hydrogen) atoms. The number of hydrogen-bond donors (Lipinski definition) is 3. The number of esters is 4. The monoisotopic (exact) mass is 1350 g/mol. The van der Waals surface area contributed by atoms with Gasteiger partial charge in [-0.15, -0.1) is 0 Å². The topological polar surface area (TPSA) is 237 Å². The lowest BCUT2D eigenvalue weighted by molar-refractivity contribution is -0.161. The Labute approximate surface area is 562 Å². The second kappa shape index (κ2) is 65.0. The molecular weight excluding hydrogens is 1210 g/mol. The standard InChI is InChI=1S/C73H142O17P2/c1-7-10-12-14-16-18-20-22-23-24-26-32-39-45-51-57-72(77)89-68(61-84-71(76)56-50-44-38-31-28-27-29-35-41-47-53-65(4)5)63-87-91(79,80)85-59-67(74)60-86-92(81,82)88-64-69(90-73(78)58-52-46-40-34-33-36-42-48-54-66(6)9-3)62-83-70(75)55-49-43-37-30-25-21-19-17-15-13-11-8-2/h65-69,74H,7-64H2,1-6H3,(H,79,80)(H,81,82)/t66?,67-,68-,69-/m1/s1. The van der Waals surface area contributed by atoms with Crippen molar-refractivity contribution in [2.45, 2.75) is 394 Å². The first kappa shape index (κ1) is 90.1. The highest BCUT2D eigenvalue weighted by Crippen LogP contribution is 2.45. The molecule has 3 unspecified atom stereocenters. The van der Waals surface area contributed by atoms with Crippen LogP contribution in [-0.2, 0) is 65.4 Å². The average molecular weight is 1350 g/mol. The fourth-order valence-electron chi connectivity index (χ4n) is 11.1. The molecule has 0 bridgehead atoms. The Hall–Kier alpha value is -1.94. The molecule has 0 aliphatic heterocycles. The van der Waals surface area contributed by atoms with Crippen LogP contribution in [0.2, 0.25) is 0 Å². The highest BCUT2D eigenvalue weighted by Gasteiger charge is 2.30. The van der Waals surface area contributed by atoms with E-state index in [9.17, 15) is 43.2 Å². The van der Waals surface area contributed by atoms with Gasteiger partial charge in [-0.2, -0.15) is 0 Å². The molecule has 0 spiro atoms. The van der Waals surface area contributed by atoms with Crippen LogP contribution in [0.5, 0.6) is 0 Å². The second-order valence-corrected chi connectivity index (χ2v) is 30.0. The lowest BCUT2D eigenvalue weighted by Gasteiger charge is -2.21. The van der Waals surface area contributed by atoms with Crippen LogP contribution < -0.4 is 0 Å². The Bertz CT molecular complexity index is 1790. The van der Waals surface area contributed by atoms with Crippen LogP contribution in [0, 0.1) is 11.8 Å². The zero-order valence-electron chi connectivity index (χ0n) is 59.9. The van der Waals surface area contributed by atoms with E-state index in [2.05, 4.69) is 41.5 Å². The van der Waals surface area contributed by atoms with Crippen molar-refractivity contribution in [2.24, 2.45) is 11.8 Å². The molecule has 0 aliphatic carbocycles. The Kier molecular flexibility index (Phi) is 63.7. The molecule has 546 valence electrons. The molecule has 19 heteroatoms. The van der Waals surface area contributed by atoms with Gasteiger partial charge < -0.3 is 33.8 Å². The van der Waals surface area contributed by atoms with E-state index < -0.39 is 97.5 Å². The maximum atomic E-state index is 13.1. The average Bonchev–Trinajstić information content (AvgIpc) is 1.92. The Morgan fingerprint density at radius 3 is 0.826 bits per heavy atom. The van der Waals surface area contributed by atoms with Gasteiger partial charge in [-0.25, -0.2) is 9.13 Å². The van der Waals surface area contributed by atoms with Crippen molar-refractivity contribution in [3.05, 3.63) is 0 Å². The van der Waals surface area contributed by atoms with Crippen LogP contribution in [0.3, 0.4) is 0 Å². The van der Waals surface area contributed by atoms with E-state index in [-0.39, 0.29) is 25.7 Å². The Balaban J connectivity index is 5.27. The zero-order valence-corrected chi connectivity index (χ0v) is 61.6. The molecular formula is C73H142O17P2. The van der Waals surface area contributed by atoms with Crippen LogP contribution in [0.4, 0.5) is 0 Å². The summed E-state index contributed by atoms with van der Waals surface area (Å²) < 4.78 is 68.4. The molecule has 0 saturated carbocycles. The predicted octanol–water partition coefficient (Wildman–Crippen LogP) is 21.2. The first-order chi connectivity index (χ1) is 44.4. The summed E-state index contributed by atoms with van der Waals surface area (Å²) in [5, 5.41) is 10.6. The van der Waals surface area contributed by atoms with Crippen LogP contribution >= 0.6 is 15.6 Å². The van der Waals surface area contributed by atoms with Gasteiger partial charge in [0.05, 0.1) is 26.4 Å². The molecule has 6 atom stereocenters. The van der Waals surface area contributed by atoms with Crippen molar-refractivity contribution >= 4 is 39.5 Å². The highest BCUT2D eigenvalue weighted by molar-refractivity contribution is 7.47. The summed E-state index contributed by atoms with van der Waals surface area (Å²) in [6.07, 6.45) is 51.1. The van der Waals surface area contributed by atoms with Crippen LogP contribution in [0.25, 0.3) is 0 Å². The fraction of sp³-hybridized carbons (Fsp3) is 0.945. The summed E-state index contributed by atoms with van der Waals surface area (Å²) in [7, 11) is -9.91.